The van der Waals surface area contributed by atoms with Gasteiger partial charge < -0.3 is 5.73 Å². The Balaban J connectivity index is 2.87. The fraction of sp³-hybridized carbons (Fsp3) is 0.667. The van der Waals surface area contributed by atoms with Crippen LogP contribution < -0.4 is 5.73 Å². The molecule has 1 aromatic rings. The molecule has 1 atom stereocenters. The van der Waals surface area contributed by atoms with Gasteiger partial charge in [0.25, 0.3) is 0 Å². The second-order valence-corrected chi connectivity index (χ2v) is 5.61. The van der Waals surface area contributed by atoms with Crippen LogP contribution >= 0.6 is 15.9 Å². The Labute approximate surface area is 101 Å². The Kier molecular flexibility index (Phi) is 4.95. The van der Waals surface area contributed by atoms with E-state index in [1.54, 1.807) is 0 Å². The van der Waals surface area contributed by atoms with E-state index in [4.69, 9.17) is 5.73 Å². The molecule has 0 saturated carbocycles. The third kappa shape index (κ3) is 3.12. The molecule has 0 radical (unpaired) electrons. The van der Waals surface area contributed by atoms with E-state index in [1.165, 1.54) is 0 Å². The molecule has 0 saturated heterocycles. The average Bonchev–Trinajstić information content (AvgIpc) is 2.46. The molecule has 0 aliphatic rings. The van der Waals surface area contributed by atoms with Crippen LogP contribution in [-0.4, -0.2) is 26.3 Å². The SMILES string of the molecule is CCn1nc(C)c(Br)c1CS(=O)CCN. The molecule has 2 N–H and O–H groups in total. The third-order valence-electron chi connectivity index (χ3n) is 2.10. The second-order valence-electron chi connectivity index (χ2n) is 3.24. The summed E-state index contributed by atoms with van der Waals surface area (Å²) in [4.78, 5) is 0. The van der Waals surface area contributed by atoms with Gasteiger partial charge in [0.05, 0.1) is 21.6 Å². The van der Waals surface area contributed by atoms with Gasteiger partial charge in [-0.25, -0.2) is 0 Å². The molecule has 0 aromatic carbocycles. The van der Waals surface area contributed by atoms with Crippen molar-refractivity contribution in [1.82, 2.24) is 9.78 Å². The monoisotopic (exact) mass is 293 g/mol. The van der Waals surface area contributed by atoms with E-state index >= 15 is 0 Å². The minimum Gasteiger partial charge on any atom is -0.330 e. The third-order valence-corrected chi connectivity index (χ3v) is 4.41. The molecule has 0 aliphatic heterocycles. The van der Waals surface area contributed by atoms with Gasteiger partial charge in [-0.1, -0.05) is 0 Å². The number of aromatic nitrogens is 2. The normalized spacial score (nSPS) is 13.1. The van der Waals surface area contributed by atoms with Crippen molar-refractivity contribution in [2.45, 2.75) is 26.1 Å². The Hall–Kier alpha value is -0.200. The molecule has 4 nitrogen and oxygen atoms in total. The van der Waals surface area contributed by atoms with Crippen molar-refractivity contribution in [2.24, 2.45) is 5.73 Å². The van der Waals surface area contributed by atoms with E-state index in [2.05, 4.69) is 21.0 Å². The van der Waals surface area contributed by atoms with Crippen LogP contribution in [-0.2, 0) is 23.1 Å². The quantitative estimate of drug-likeness (QED) is 0.887. The first-order valence-electron chi connectivity index (χ1n) is 4.87. The predicted molar refractivity (Wildman–Crippen MR) is 66.1 cm³/mol. The fourth-order valence-corrected chi connectivity index (χ4v) is 2.98. The highest BCUT2D eigenvalue weighted by Gasteiger charge is 2.14. The minimum atomic E-state index is -0.896. The van der Waals surface area contributed by atoms with Gasteiger partial charge in [-0.05, 0) is 29.8 Å². The van der Waals surface area contributed by atoms with Gasteiger partial charge in [0.2, 0.25) is 0 Å². The van der Waals surface area contributed by atoms with Gasteiger partial charge in [-0.15, -0.1) is 0 Å². The van der Waals surface area contributed by atoms with E-state index in [0.29, 0.717) is 18.1 Å². The summed E-state index contributed by atoms with van der Waals surface area (Å²) in [7, 11) is -0.896. The van der Waals surface area contributed by atoms with Gasteiger partial charge >= 0.3 is 0 Å². The number of halogens is 1. The zero-order valence-electron chi connectivity index (χ0n) is 8.99. The highest BCUT2D eigenvalue weighted by molar-refractivity contribution is 9.10. The van der Waals surface area contributed by atoms with Crippen LogP contribution in [0.25, 0.3) is 0 Å². The van der Waals surface area contributed by atoms with Gasteiger partial charge in [-0.2, -0.15) is 5.10 Å². The van der Waals surface area contributed by atoms with Crippen LogP contribution in [0.1, 0.15) is 18.3 Å². The van der Waals surface area contributed by atoms with Crippen LogP contribution in [0, 0.1) is 6.92 Å². The minimum absolute atomic E-state index is 0.462. The van der Waals surface area contributed by atoms with Crippen LogP contribution in [0.4, 0.5) is 0 Å². The predicted octanol–water partition coefficient (Wildman–Crippen LogP) is 1.18. The maximum atomic E-state index is 11.6. The van der Waals surface area contributed by atoms with Crippen molar-refractivity contribution in [1.29, 1.82) is 0 Å². The molecule has 1 unspecified atom stereocenters. The molecular weight excluding hydrogens is 278 g/mol. The number of aryl methyl sites for hydroxylation is 2. The zero-order valence-corrected chi connectivity index (χ0v) is 11.4. The van der Waals surface area contributed by atoms with Crippen molar-refractivity contribution in [3.05, 3.63) is 15.9 Å². The van der Waals surface area contributed by atoms with Gasteiger partial charge in [0.1, 0.15) is 0 Å². The lowest BCUT2D eigenvalue weighted by Crippen LogP contribution is -2.14. The molecule has 1 heterocycles. The highest BCUT2D eigenvalue weighted by atomic mass is 79.9. The number of nitrogens with two attached hydrogens (primary N) is 1. The summed E-state index contributed by atoms with van der Waals surface area (Å²) in [6, 6.07) is 0. The second kappa shape index (κ2) is 5.77. The topological polar surface area (TPSA) is 60.9 Å². The standard InChI is InChI=1S/C9H16BrN3OS/c1-3-13-8(6-15(14)5-4-11)9(10)7(2)12-13/h3-6,11H2,1-2H3. The van der Waals surface area contributed by atoms with Gasteiger partial charge in [0.15, 0.2) is 0 Å². The van der Waals surface area contributed by atoms with E-state index in [9.17, 15) is 4.21 Å². The van der Waals surface area contributed by atoms with Crippen LogP contribution in [0.2, 0.25) is 0 Å². The summed E-state index contributed by atoms with van der Waals surface area (Å²) in [6.07, 6.45) is 0. The van der Waals surface area contributed by atoms with Crippen molar-refractivity contribution < 1.29 is 4.21 Å². The van der Waals surface area contributed by atoms with Crippen LogP contribution in [0.15, 0.2) is 4.47 Å². The summed E-state index contributed by atoms with van der Waals surface area (Å²) in [5.41, 5.74) is 7.31. The van der Waals surface area contributed by atoms with Crippen molar-refractivity contribution in [2.75, 3.05) is 12.3 Å². The Morgan fingerprint density at radius 1 is 1.60 bits per heavy atom. The molecule has 0 bridgehead atoms. The molecule has 0 aliphatic carbocycles. The van der Waals surface area contributed by atoms with Crippen LogP contribution in [0.3, 0.4) is 0 Å². The highest BCUT2D eigenvalue weighted by Crippen LogP contribution is 2.22. The first-order valence-corrected chi connectivity index (χ1v) is 7.15. The molecule has 0 fully saturated rings. The molecule has 1 rings (SSSR count). The molecule has 0 spiro atoms. The summed E-state index contributed by atoms with van der Waals surface area (Å²) >= 11 is 3.47. The van der Waals surface area contributed by atoms with Crippen molar-refractivity contribution in [3.8, 4) is 0 Å². The molecule has 0 amide bonds. The first kappa shape index (κ1) is 12.9. The lowest BCUT2D eigenvalue weighted by atomic mass is 10.4. The number of hydrogen-bond donors (Lipinski definition) is 1. The average molecular weight is 294 g/mol. The van der Waals surface area contributed by atoms with Crippen molar-refractivity contribution in [3.63, 3.8) is 0 Å². The smallest absolute Gasteiger partial charge is 0.0739 e. The summed E-state index contributed by atoms with van der Waals surface area (Å²) in [5.74, 6) is 1.06. The van der Waals surface area contributed by atoms with E-state index in [0.717, 1.165) is 22.4 Å². The molecular formula is C9H16BrN3OS. The number of rotatable bonds is 5. The molecule has 6 heteroatoms. The number of hydrogen-bond acceptors (Lipinski definition) is 3. The van der Waals surface area contributed by atoms with E-state index in [1.807, 2.05) is 18.5 Å². The Morgan fingerprint density at radius 2 is 2.27 bits per heavy atom. The Bertz CT molecular complexity index is 364. The largest absolute Gasteiger partial charge is 0.330 e. The zero-order chi connectivity index (χ0) is 11.4. The molecule has 86 valence electrons. The van der Waals surface area contributed by atoms with Gasteiger partial charge in [0, 0.05) is 29.6 Å². The van der Waals surface area contributed by atoms with E-state index < -0.39 is 10.8 Å². The lowest BCUT2D eigenvalue weighted by Gasteiger charge is -2.04. The lowest BCUT2D eigenvalue weighted by molar-refractivity contribution is 0.626. The van der Waals surface area contributed by atoms with E-state index in [-0.39, 0.29) is 0 Å². The summed E-state index contributed by atoms with van der Waals surface area (Å²) in [6.45, 7) is 5.21. The summed E-state index contributed by atoms with van der Waals surface area (Å²) < 4.78 is 14.5. The fourth-order valence-electron chi connectivity index (χ4n) is 1.36. The van der Waals surface area contributed by atoms with Crippen LogP contribution in [0.5, 0.6) is 0 Å². The van der Waals surface area contributed by atoms with Crippen molar-refractivity contribution >= 4 is 26.7 Å². The maximum Gasteiger partial charge on any atom is 0.0739 e. The molecule has 15 heavy (non-hydrogen) atoms. The maximum absolute atomic E-state index is 11.6. The number of nitrogens with zero attached hydrogens (tertiary/aromatic N) is 2. The molecule has 1 aromatic heterocycles. The summed E-state index contributed by atoms with van der Waals surface area (Å²) in [5, 5.41) is 4.35. The first-order chi connectivity index (χ1) is 7.10. The van der Waals surface area contributed by atoms with Gasteiger partial charge in [-0.3, -0.25) is 8.89 Å². The Morgan fingerprint density at radius 3 is 2.80 bits per heavy atom.